The molecule has 0 saturated heterocycles. The van der Waals surface area contributed by atoms with Crippen LogP contribution in [0.1, 0.15) is 341 Å². The van der Waals surface area contributed by atoms with Gasteiger partial charge in [0.15, 0.2) is 6.10 Å². The van der Waals surface area contributed by atoms with E-state index in [1.807, 2.05) is 0 Å². The van der Waals surface area contributed by atoms with E-state index in [-0.39, 0.29) is 18.3 Å². The standard InChI is InChI=1S/C76H150N2O5/c1-9-13-17-21-25-29-33-37-41-45-49-56-62-79-71-75(81-64-58-51-47-43-39-35-31-27-23-19-15-11-3)68-77(5,6)66-74(83-70-73-60-54-53-55-61-73)67-78(7,8)69-76(82-65-59-52-48-44-40-36-32-28-24-20-16-12-4)72-80-63-57-50-46-42-38-34-30-26-22-18-14-10-2/h53-55,60-61,74-76H,9-52,56-59,62-72H2,1-8H3/q+2. The zero-order valence-corrected chi connectivity index (χ0v) is 57.8. The minimum absolute atomic E-state index is 0.0538. The second-order valence-corrected chi connectivity index (χ2v) is 27.7. The summed E-state index contributed by atoms with van der Waals surface area (Å²) in [4.78, 5) is 0. The molecule has 7 heteroatoms. The number of benzene rings is 1. The third kappa shape index (κ3) is 57.2. The molecule has 2 unspecified atom stereocenters. The van der Waals surface area contributed by atoms with E-state index < -0.39 is 0 Å². The van der Waals surface area contributed by atoms with Crippen LogP contribution in [0.5, 0.6) is 0 Å². The fraction of sp³-hybridized carbons (Fsp3) is 0.921. The van der Waals surface area contributed by atoms with E-state index in [2.05, 4.69) is 86.2 Å². The molecule has 0 bridgehead atoms. The zero-order valence-electron chi connectivity index (χ0n) is 57.8. The molecule has 0 amide bonds. The lowest BCUT2D eigenvalue weighted by Crippen LogP contribution is -2.57. The fourth-order valence-corrected chi connectivity index (χ4v) is 12.5. The Balaban J connectivity index is 2.95. The monoisotopic (exact) mass is 1170 g/mol. The quantitative estimate of drug-likeness (QED) is 0.0480. The van der Waals surface area contributed by atoms with Gasteiger partial charge in [0, 0.05) is 26.4 Å². The number of nitrogens with zero attached hydrogens (tertiary/aromatic N) is 2. The molecule has 0 aliphatic rings. The second-order valence-electron chi connectivity index (χ2n) is 27.7. The second kappa shape index (κ2) is 61.2. The van der Waals surface area contributed by atoms with Gasteiger partial charge in [-0.05, 0) is 31.2 Å². The van der Waals surface area contributed by atoms with Gasteiger partial charge in [-0.2, -0.15) is 0 Å². The van der Waals surface area contributed by atoms with Gasteiger partial charge in [0.2, 0.25) is 0 Å². The number of unbranched alkanes of at least 4 members (excludes halogenated alkanes) is 44. The molecule has 0 aliphatic carbocycles. The molecular formula is C76H150N2O5+2. The zero-order chi connectivity index (χ0) is 60.1. The first-order valence-corrected chi connectivity index (χ1v) is 37.3. The number of hydrogen-bond donors (Lipinski definition) is 0. The predicted molar refractivity (Wildman–Crippen MR) is 364 cm³/mol. The molecule has 0 N–H and O–H groups in total. The molecule has 0 heterocycles. The maximum atomic E-state index is 7.03. The first kappa shape index (κ1) is 80.0. The summed E-state index contributed by atoms with van der Waals surface area (Å²) in [5.74, 6) is 0. The number of hydrogen-bond acceptors (Lipinski definition) is 5. The average Bonchev–Trinajstić information content (AvgIpc) is 3.63. The van der Waals surface area contributed by atoms with Gasteiger partial charge >= 0.3 is 0 Å². The summed E-state index contributed by atoms with van der Waals surface area (Å²) < 4.78 is 35.4. The van der Waals surface area contributed by atoms with Gasteiger partial charge in [0.05, 0.1) is 48.0 Å². The Morgan fingerprint density at radius 3 is 0.759 bits per heavy atom. The van der Waals surface area contributed by atoms with Crippen LogP contribution in [0.3, 0.4) is 0 Å². The smallest absolute Gasteiger partial charge is 0.155 e. The maximum absolute atomic E-state index is 7.03. The summed E-state index contributed by atoms with van der Waals surface area (Å²) >= 11 is 0. The van der Waals surface area contributed by atoms with E-state index in [1.165, 1.54) is 288 Å². The van der Waals surface area contributed by atoms with Crippen LogP contribution in [-0.4, -0.2) is 121 Å². The maximum Gasteiger partial charge on any atom is 0.155 e. The number of rotatable bonds is 69. The molecule has 0 radical (unpaired) electrons. The molecule has 83 heavy (non-hydrogen) atoms. The minimum atomic E-state index is 0.0538. The Bertz CT molecular complexity index is 1310. The van der Waals surface area contributed by atoms with Crippen LogP contribution in [0.4, 0.5) is 0 Å². The molecule has 0 saturated carbocycles. The van der Waals surface area contributed by atoms with Crippen LogP contribution in [-0.2, 0) is 30.3 Å². The first-order valence-electron chi connectivity index (χ1n) is 37.3. The van der Waals surface area contributed by atoms with Crippen molar-refractivity contribution in [3.8, 4) is 0 Å². The Morgan fingerprint density at radius 1 is 0.265 bits per heavy atom. The third-order valence-corrected chi connectivity index (χ3v) is 17.7. The van der Waals surface area contributed by atoms with Crippen molar-refractivity contribution in [2.75, 3.05) is 94.0 Å². The molecular weight excluding hydrogens is 1020 g/mol. The van der Waals surface area contributed by atoms with Crippen LogP contribution < -0.4 is 0 Å². The third-order valence-electron chi connectivity index (χ3n) is 17.7. The van der Waals surface area contributed by atoms with Gasteiger partial charge in [0.25, 0.3) is 0 Å². The minimum Gasteiger partial charge on any atom is -0.379 e. The summed E-state index contributed by atoms with van der Waals surface area (Å²) in [5, 5.41) is 0. The molecule has 1 aromatic carbocycles. The first-order chi connectivity index (χ1) is 40.6. The highest BCUT2D eigenvalue weighted by Crippen LogP contribution is 2.20. The summed E-state index contributed by atoms with van der Waals surface area (Å²) in [7, 11) is 9.59. The lowest BCUT2D eigenvalue weighted by molar-refractivity contribution is -0.917. The summed E-state index contributed by atoms with van der Waals surface area (Å²) in [6.45, 7) is 18.2. The number of likely N-dealkylation sites (N-methyl/N-ethyl adjacent to an activating group) is 2. The van der Waals surface area contributed by atoms with Crippen molar-refractivity contribution in [3.05, 3.63) is 35.9 Å². The van der Waals surface area contributed by atoms with Crippen LogP contribution in [0, 0.1) is 0 Å². The molecule has 0 aliphatic heterocycles. The molecule has 0 fully saturated rings. The van der Waals surface area contributed by atoms with Crippen molar-refractivity contribution in [2.24, 2.45) is 0 Å². The van der Waals surface area contributed by atoms with Crippen molar-refractivity contribution in [2.45, 2.75) is 361 Å². The van der Waals surface area contributed by atoms with Crippen LogP contribution in [0.25, 0.3) is 0 Å². The molecule has 2 atom stereocenters. The number of ether oxygens (including phenoxy) is 5. The lowest BCUT2D eigenvalue weighted by atomic mass is 10.1. The van der Waals surface area contributed by atoms with E-state index in [1.54, 1.807) is 0 Å². The van der Waals surface area contributed by atoms with Crippen molar-refractivity contribution in [1.82, 2.24) is 0 Å². The van der Waals surface area contributed by atoms with Crippen LogP contribution in [0.2, 0.25) is 0 Å². The van der Waals surface area contributed by atoms with E-state index in [9.17, 15) is 0 Å². The van der Waals surface area contributed by atoms with Gasteiger partial charge in [0.1, 0.15) is 38.4 Å². The Kier molecular flexibility index (Phi) is 58.9. The lowest BCUT2D eigenvalue weighted by Gasteiger charge is -2.40. The van der Waals surface area contributed by atoms with Crippen molar-refractivity contribution < 1.29 is 32.7 Å². The predicted octanol–water partition coefficient (Wildman–Crippen LogP) is 22.3. The molecule has 7 nitrogen and oxygen atoms in total. The van der Waals surface area contributed by atoms with Crippen molar-refractivity contribution in [3.63, 3.8) is 0 Å². The average molecular weight is 1170 g/mol. The Hall–Kier alpha value is -1.06. The van der Waals surface area contributed by atoms with Gasteiger partial charge in [-0.25, -0.2) is 0 Å². The van der Waals surface area contributed by atoms with Crippen molar-refractivity contribution in [1.29, 1.82) is 0 Å². The largest absolute Gasteiger partial charge is 0.379 e. The van der Waals surface area contributed by atoms with Crippen LogP contribution >= 0.6 is 0 Å². The summed E-state index contributed by atoms with van der Waals surface area (Å²) in [6.07, 6.45) is 65.5. The molecule has 1 rings (SSSR count). The van der Waals surface area contributed by atoms with E-state index >= 15 is 0 Å². The topological polar surface area (TPSA) is 46.2 Å². The summed E-state index contributed by atoms with van der Waals surface area (Å²) in [5.41, 5.74) is 1.23. The van der Waals surface area contributed by atoms with Gasteiger partial charge < -0.3 is 32.7 Å². The van der Waals surface area contributed by atoms with Gasteiger partial charge in [-0.3, -0.25) is 0 Å². The SMILES string of the molecule is CCCCCCCCCCCCCCOCC(C[N+](C)(C)CC(C[N+](C)(C)CC(COCCCCCCCCCCCCCC)OCCCCCCCCCCCCCC)OCc1ccccc1)OCCCCCCCCCCCCCC. The normalized spacial score (nSPS) is 13.3. The highest BCUT2D eigenvalue weighted by molar-refractivity contribution is 5.13. The Morgan fingerprint density at radius 2 is 0.494 bits per heavy atom. The van der Waals surface area contributed by atoms with Crippen LogP contribution in [0.15, 0.2) is 30.3 Å². The molecule has 0 spiro atoms. The van der Waals surface area contributed by atoms with Crippen molar-refractivity contribution >= 4 is 0 Å². The molecule has 0 aromatic heterocycles. The highest BCUT2D eigenvalue weighted by atomic mass is 16.5. The number of quaternary nitrogens is 2. The van der Waals surface area contributed by atoms with Gasteiger partial charge in [-0.15, -0.1) is 0 Å². The Labute approximate surface area is 520 Å². The summed E-state index contributed by atoms with van der Waals surface area (Å²) in [6, 6.07) is 10.8. The fourth-order valence-electron chi connectivity index (χ4n) is 12.5. The molecule has 492 valence electrons. The van der Waals surface area contributed by atoms with E-state index in [4.69, 9.17) is 23.7 Å². The molecule has 1 aromatic rings. The van der Waals surface area contributed by atoms with E-state index in [0.29, 0.717) is 19.8 Å². The highest BCUT2D eigenvalue weighted by Gasteiger charge is 2.33. The van der Waals surface area contributed by atoms with Gasteiger partial charge in [-0.1, -0.05) is 341 Å². The van der Waals surface area contributed by atoms with E-state index in [0.717, 1.165) is 87.3 Å².